The molecule has 9 nitrogen and oxygen atoms in total. The van der Waals surface area contributed by atoms with E-state index in [0.29, 0.717) is 0 Å². The first-order valence-corrected chi connectivity index (χ1v) is 44.3. The SMILES string of the molecule is c1ccc(-c2cc(-c3cc(-c4ccc5cccnc5c4)cc(-c4ccc5cccnc5c4)c3)cc(-c3ccccc3)n2)cc1.c1ccc(-c2cc(-c3cc(-c4ccc5ncccc5c4)cc(-c4ccc5ncccc5c4)c3)cc(-c3ccccc3)n2)cc1.c1ccc(-c2cc(-c3cc(-c4cccc5cnccc45)cc(-c4cccc5cnccc45)c3)cc(-c3ccccc3)n2)cc1. The highest BCUT2D eigenvalue weighted by Gasteiger charge is 2.20. The number of pyridine rings is 9. The Bertz CT molecular complexity index is 7580. The smallest absolute Gasteiger partial charge is 0.0715 e. The summed E-state index contributed by atoms with van der Waals surface area (Å²) < 4.78 is 0. The molecule has 0 saturated heterocycles. The van der Waals surface area contributed by atoms with Crippen molar-refractivity contribution in [2.75, 3.05) is 0 Å². The summed E-state index contributed by atoms with van der Waals surface area (Å²) in [4.78, 5) is 42.5. The van der Waals surface area contributed by atoms with E-state index in [-0.39, 0.29) is 0 Å². The van der Waals surface area contributed by atoms with Crippen LogP contribution < -0.4 is 0 Å². The summed E-state index contributed by atoms with van der Waals surface area (Å²) >= 11 is 0. The van der Waals surface area contributed by atoms with Crippen molar-refractivity contribution in [3.8, 4) is 168 Å². The summed E-state index contributed by atoms with van der Waals surface area (Å²) in [6.45, 7) is 0. The maximum atomic E-state index is 5.13. The minimum Gasteiger partial charge on any atom is -0.264 e. The summed E-state index contributed by atoms with van der Waals surface area (Å²) in [6.07, 6.45) is 15.0. The number of benzene rings is 15. The number of hydrogen-bond acceptors (Lipinski definition) is 9. The molecule has 0 aliphatic rings. The fourth-order valence-corrected chi connectivity index (χ4v) is 17.7. The molecular formula is C123H81N9. The van der Waals surface area contributed by atoms with Crippen molar-refractivity contribution < 1.29 is 0 Å². The Morgan fingerprint density at radius 2 is 0.379 bits per heavy atom. The lowest BCUT2D eigenvalue weighted by Crippen LogP contribution is -1.93. The van der Waals surface area contributed by atoms with Crippen molar-refractivity contribution in [2.24, 2.45) is 0 Å². The maximum absolute atomic E-state index is 5.13. The summed E-state index contributed by atoms with van der Waals surface area (Å²) in [5.41, 5.74) is 36.6. The quantitative estimate of drug-likeness (QED) is 0.0989. The third-order valence-electron chi connectivity index (χ3n) is 24.4. The highest BCUT2D eigenvalue weighted by Crippen LogP contribution is 2.44. The topological polar surface area (TPSA) is 116 Å². The minimum atomic E-state index is 0.943. The molecule has 618 valence electrons. The van der Waals surface area contributed by atoms with E-state index in [1.807, 2.05) is 110 Å². The number of aromatic nitrogens is 9. The molecule has 0 aliphatic carbocycles. The van der Waals surface area contributed by atoms with Crippen LogP contribution in [-0.2, 0) is 0 Å². The van der Waals surface area contributed by atoms with Crippen molar-refractivity contribution in [1.82, 2.24) is 44.9 Å². The highest BCUT2D eigenvalue weighted by atomic mass is 14.7. The van der Waals surface area contributed by atoms with Crippen LogP contribution in [0.5, 0.6) is 0 Å². The zero-order valence-corrected chi connectivity index (χ0v) is 71.8. The van der Waals surface area contributed by atoms with E-state index in [1.165, 1.54) is 21.9 Å². The van der Waals surface area contributed by atoms with E-state index in [2.05, 4.69) is 412 Å². The fourth-order valence-electron chi connectivity index (χ4n) is 17.7. The normalized spacial score (nSPS) is 11.2. The van der Waals surface area contributed by atoms with Gasteiger partial charge < -0.3 is 0 Å². The Kier molecular flexibility index (Phi) is 22.0. The Balaban J connectivity index is 0.000000116. The molecule has 0 N–H and O–H groups in total. The average Bonchev–Trinajstić information content (AvgIpc) is 0.777. The van der Waals surface area contributed by atoms with Crippen LogP contribution in [0, 0.1) is 0 Å². The van der Waals surface area contributed by atoms with Crippen molar-refractivity contribution >= 4 is 65.2 Å². The predicted octanol–water partition coefficient (Wildman–Crippen LogP) is 31.5. The molecule has 0 saturated carbocycles. The van der Waals surface area contributed by atoms with Gasteiger partial charge >= 0.3 is 0 Å². The summed E-state index contributed by atoms with van der Waals surface area (Å²) in [7, 11) is 0. The molecular weight excluding hydrogens is 1600 g/mol. The Morgan fingerprint density at radius 1 is 0.129 bits per heavy atom. The van der Waals surface area contributed by atoms with Gasteiger partial charge in [-0.25, -0.2) is 15.0 Å². The zero-order valence-electron chi connectivity index (χ0n) is 71.8. The lowest BCUT2D eigenvalue weighted by atomic mass is 9.90. The summed E-state index contributed by atoms with van der Waals surface area (Å²) in [6, 6.07) is 156. The van der Waals surface area contributed by atoms with E-state index in [1.54, 1.807) is 0 Å². The number of nitrogens with zero attached hydrogens (tertiary/aromatic N) is 9. The number of fused-ring (bicyclic) bond motifs is 6. The van der Waals surface area contributed by atoms with E-state index in [4.69, 9.17) is 15.0 Å². The van der Waals surface area contributed by atoms with Crippen molar-refractivity contribution in [3.05, 3.63) is 492 Å². The van der Waals surface area contributed by atoms with Gasteiger partial charge in [0, 0.05) is 115 Å². The molecule has 9 heteroatoms. The van der Waals surface area contributed by atoms with Gasteiger partial charge in [0.1, 0.15) is 0 Å². The largest absolute Gasteiger partial charge is 0.264 e. The molecule has 0 radical (unpaired) electrons. The first-order valence-electron chi connectivity index (χ1n) is 44.3. The van der Waals surface area contributed by atoms with Gasteiger partial charge in [0.2, 0.25) is 0 Å². The van der Waals surface area contributed by atoms with Gasteiger partial charge in [-0.05, 0) is 275 Å². The molecule has 24 rings (SSSR count). The third kappa shape index (κ3) is 17.2. The van der Waals surface area contributed by atoms with Crippen LogP contribution in [0.15, 0.2) is 492 Å². The molecule has 0 spiro atoms. The molecule has 132 heavy (non-hydrogen) atoms. The van der Waals surface area contributed by atoms with Crippen molar-refractivity contribution in [2.45, 2.75) is 0 Å². The molecule has 9 aromatic heterocycles. The lowest BCUT2D eigenvalue weighted by Gasteiger charge is -2.15. The molecule has 0 bridgehead atoms. The van der Waals surface area contributed by atoms with Crippen LogP contribution in [0.4, 0.5) is 0 Å². The van der Waals surface area contributed by atoms with Gasteiger partial charge in [0.15, 0.2) is 0 Å². The van der Waals surface area contributed by atoms with Gasteiger partial charge in [0.25, 0.3) is 0 Å². The Hall–Kier alpha value is -17.8. The van der Waals surface area contributed by atoms with Crippen LogP contribution >= 0.6 is 0 Å². The molecule has 15 aromatic carbocycles. The second kappa shape index (κ2) is 36.3. The first kappa shape index (κ1) is 80.1. The van der Waals surface area contributed by atoms with Gasteiger partial charge in [-0.1, -0.05) is 279 Å². The molecule has 0 fully saturated rings. The van der Waals surface area contributed by atoms with E-state index < -0.39 is 0 Å². The fraction of sp³-hybridized carbons (Fsp3) is 0. The van der Waals surface area contributed by atoms with Crippen LogP contribution in [0.1, 0.15) is 0 Å². The van der Waals surface area contributed by atoms with Crippen LogP contribution in [-0.4, -0.2) is 44.9 Å². The number of rotatable bonds is 15. The molecule has 9 heterocycles. The van der Waals surface area contributed by atoms with Crippen molar-refractivity contribution in [3.63, 3.8) is 0 Å². The van der Waals surface area contributed by atoms with Crippen molar-refractivity contribution in [1.29, 1.82) is 0 Å². The summed E-state index contributed by atoms with van der Waals surface area (Å²) in [5, 5.41) is 9.09. The molecule has 0 amide bonds. The maximum Gasteiger partial charge on any atom is 0.0715 e. The highest BCUT2D eigenvalue weighted by molar-refractivity contribution is 6.02. The van der Waals surface area contributed by atoms with Gasteiger partial charge in [-0.2, -0.15) is 0 Å². The molecule has 24 aromatic rings. The Labute approximate surface area is 764 Å². The predicted molar refractivity (Wildman–Crippen MR) is 546 cm³/mol. The molecule has 0 aliphatic heterocycles. The van der Waals surface area contributed by atoms with Gasteiger partial charge in [-0.3, -0.25) is 29.9 Å². The zero-order chi connectivity index (χ0) is 87.9. The molecule has 0 atom stereocenters. The average molecular weight is 1690 g/mol. The third-order valence-corrected chi connectivity index (χ3v) is 24.4. The van der Waals surface area contributed by atoms with E-state index in [9.17, 15) is 0 Å². The summed E-state index contributed by atoms with van der Waals surface area (Å²) in [5.74, 6) is 0. The second-order valence-electron chi connectivity index (χ2n) is 32.9. The van der Waals surface area contributed by atoms with Crippen LogP contribution in [0.3, 0.4) is 0 Å². The Morgan fingerprint density at radius 3 is 0.697 bits per heavy atom. The number of hydrogen-bond donors (Lipinski definition) is 0. The first-order chi connectivity index (χ1) is 65.3. The van der Waals surface area contributed by atoms with E-state index in [0.717, 1.165) is 211 Å². The van der Waals surface area contributed by atoms with Gasteiger partial charge in [-0.15, -0.1) is 0 Å². The monoisotopic (exact) mass is 1680 g/mol. The van der Waals surface area contributed by atoms with E-state index >= 15 is 0 Å². The van der Waals surface area contributed by atoms with Crippen LogP contribution in [0.2, 0.25) is 0 Å². The minimum absolute atomic E-state index is 0.943. The second-order valence-corrected chi connectivity index (χ2v) is 32.9. The van der Waals surface area contributed by atoms with Gasteiger partial charge in [0.05, 0.1) is 56.2 Å². The molecule has 0 unspecified atom stereocenters. The van der Waals surface area contributed by atoms with Crippen LogP contribution in [0.25, 0.3) is 233 Å². The lowest BCUT2D eigenvalue weighted by molar-refractivity contribution is 1.32. The standard InChI is InChI=1S/3C41H27N3/c1-3-9-28(10-4-1)40-26-37(27-41(44-40)29-11-5-2-6-12-29)36-24-34(30-15-17-38-32(21-30)13-7-19-42-38)23-35(25-36)31-16-18-39-33(22-31)14-8-20-43-39;1-3-9-28(10-4-1)40-26-37(27-41(44-40)29-11-5-2-6-12-29)36-22-34(32-17-15-30-13-7-19-42-38(30)24-32)21-35(23-36)33-18-16-31-14-8-20-43-39(31)25-33;1-3-9-28(10-4-1)40-24-33(25-41(44-40)29-11-5-2-6-12-29)32-21-34(36-15-7-13-30-26-42-19-17-38(30)36)23-35(22-32)37-16-8-14-31-27-43-20-18-39(31)37/h3*1-27H.